The molecule has 0 atom stereocenters. The highest BCUT2D eigenvalue weighted by Crippen LogP contribution is 2.36. The highest BCUT2D eigenvalue weighted by molar-refractivity contribution is 5.88. The fraction of sp³-hybridized carbons (Fsp3) is 0.524. The monoisotopic (exact) mass is 414 g/mol. The molecule has 3 heterocycles. The van der Waals surface area contributed by atoms with E-state index in [2.05, 4.69) is 20.8 Å². The van der Waals surface area contributed by atoms with Gasteiger partial charge in [0.2, 0.25) is 5.91 Å². The van der Waals surface area contributed by atoms with E-state index in [4.69, 9.17) is 9.72 Å². The van der Waals surface area contributed by atoms with Crippen LogP contribution in [0.4, 0.5) is 16.4 Å². The number of rotatable bonds is 4. The average molecular weight is 415 g/mol. The molecule has 1 fully saturated rings. The minimum atomic E-state index is -0.813. The number of aromatic nitrogens is 3. The zero-order chi connectivity index (χ0) is 21.9. The smallest absolute Gasteiger partial charge is 0.410 e. The van der Waals surface area contributed by atoms with E-state index in [-0.39, 0.29) is 12.0 Å². The third-order valence-electron chi connectivity index (χ3n) is 5.13. The van der Waals surface area contributed by atoms with E-state index in [9.17, 15) is 9.59 Å². The molecule has 0 saturated carbocycles. The van der Waals surface area contributed by atoms with E-state index in [0.29, 0.717) is 43.3 Å². The van der Waals surface area contributed by atoms with Gasteiger partial charge in [-0.1, -0.05) is 6.07 Å². The van der Waals surface area contributed by atoms with Crippen LogP contribution in [0.5, 0.6) is 0 Å². The van der Waals surface area contributed by atoms with Gasteiger partial charge in [-0.3, -0.25) is 9.89 Å². The lowest BCUT2D eigenvalue weighted by molar-refractivity contribution is -0.128. The van der Waals surface area contributed by atoms with Crippen molar-refractivity contribution in [2.24, 2.45) is 0 Å². The molecule has 1 aliphatic heterocycles. The van der Waals surface area contributed by atoms with Crippen LogP contribution in [0.3, 0.4) is 0 Å². The van der Waals surface area contributed by atoms with Crippen molar-refractivity contribution >= 4 is 23.6 Å². The van der Waals surface area contributed by atoms with Crippen molar-refractivity contribution in [2.75, 3.05) is 25.5 Å². The topological polar surface area (TPSA) is 112 Å². The first-order valence-corrected chi connectivity index (χ1v) is 10.1. The zero-order valence-electron chi connectivity index (χ0n) is 18.2. The van der Waals surface area contributed by atoms with Gasteiger partial charge in [0.15, 0.2) is 5.82 Å². The lowest BCUT2D eigenvalue weighted by atomic mass is 9.74. The summed E-state index contributed by atoms with van der Waals surface area (Å²) >= 11 is 0. The van der Waals surface area contributed by atoms with E-state index in [0.717, 1.165) is 5.69 Å². The van der Waals surface area contributed by atoms with Crippen LogP contribution < -0.4 is 10.6 Å². The Morgan fingerprint density at radius 3 is 2.47 bits per heavy atom. The standard InChI is InChI=1S/C21H30N6O3/c1-14-13-17(26-25-14)24-16-8-6-7-15(23-16)21(18(28)22-5)9-11-27(12-10-21)19(29)30-20(2,3)4/h6-8,13H,9-12H2,1-5H3,(H,22,28)(H2,23,24,25,26). The van der Waals surface area contributed by atoms with Gasteiger partial charge < -0.3 is 20.3 Å². The number of likely N-dealkylation sites (tertiary alicyclic amines) is 1. The number of aryl methyl sites for hydroxylation is 1. The predicted molar refractivity (Wildman–Crippen MR) is 114 cm³/mol. The van der Waals surface area contributed by atoms with Gasteiger partial charge in [0.1, 0.15) is 11.4 Å². The van der Waals surface area contributed by atoms with Crippen LogP contribution in [-0.2, 0) is 14.9 Å². The number of carbonyl (C=O) groups is 2. The molecule has 9 nitrogen and oxygen atoms in total. The molecular weight excluding hydrogens is 384 g/mol. The Labute approximate surface area is 176 Å². The number of H-pyrrole nitrogens is 1. The van der Waals surface area contributed by atoms with Gasteiger partial charge in [-0.25, -0.2) is 9.78 Å². The SMILES string of the molecule is CNC(=O)C1(c2cccc(Nc3cc(C)[nH]n3)n2)CCN(C(=O)OC(C)(C)C)CC1. The van der Waals surface area contributed by atoms with E-state index in [1.807, 2.05) is 52.0 Å². The molecule has 1 aliphatic rings. The second-order valence-electron chi connectivity index (χ2n) is 8.60. The van der Waals surface area contributed by atoms with E-state index >= 15 is 0 Å². The van der Waals surface area contributed by atoms with E-state index < -0.39 is 11.0 Å². The van der Waals surface area contributed by atoms with Crippen LogP contribution in [0.15, 0.2) is 24.3 Å². The van der Waals surface area contributed by atoms with Crippen molar-refractivity contribution in [1.82, 2.24) is 25.4 Å². The number of pyridine rings is 1. The summed E-state index contributed by atoms with van der Waals surface area (Å²) in [6.45, 7) is 8.27. The van der Waals surface area contributed by atoms with Crippen LogP contribution in [-0.4, -0.2) is 57.8 Å². The molecule has 0 aromatic carbocycles. The minimum absolute atomic E-state index is 0.105. The largest absolute Gasteiger partial charge is 0.444 e. The lowest BCUT2D eigenvalue weighted by Crippen LogP contribution is -2.53. The fourth-order valence-electron chi connectivity index (χ4n) is 3.62. The Balaban J connectivity index is 1.81. The van der Waals surface area contributed by atoms with Gasteiger partial charge >= 0.3 is 6.09 Å². The molecule has 9 heteroatoms. The number of nitrogens with zero attached hydrogens (tertiary/aromatic N) is 3. The van der Waals surface area contributed by atoms with E-state index in [1.54, 1.807) is 11.9 Å². The number of hydrogen-bond donors (Lipinski definition) is 3. The minimum Gasteiger partial charge on any atom is -0.444 e. The third-order valence-corrected chi connectivity index (χ3v) is 5.13. The van der Waals surface area contributed by atoms with Crippen molar-refractivity contribution in [3.05, 3.63) is 35.7 Å². The molecule has 2 aromatic rings. The van der Waals surface area contributed by atoms with Crippen LogP contribution in [0, 0.1) is 6.92 Å². The lowest BCUT2D eigenvalue weighted by Gasteiger charge is -2.40. The number of piperidine rings is 1. The van der Waals surface area contributed by atoms with Gasteiger partial charge in [-0.2, -0.15) is 5.10 Å². The number of aromatic amines is 1. The van der Waals surface area contributed by atoms with Gasteiger partial charge in [-0.15, -0.1) is 0 Å². The molecule has 2 amide bonds. The number of hydrogen-bond acceptors (Lipinski definition) is 6. The molecular formula is C21H30N6O3. The van der Waals surface area contributed by atoms with Crippen LogP contribution in [0.25, 0.3) is 0 Å². The molecule has 162 valence electrons. The quantitative estimate of drug-likeness (QED) is 0.709. The third kappa shape index (κ3) is 4.72. The van der Waals surface area contributed by atoms with Crippen molar-refractivity contribution < 1.29 is 14.3 Å². The number of anilines is 2. The van der Waals surface area contributed by atoms with Gasteiger partial charge in [0, 0.05) is 31.9 Å². The summed E-state index contributed by atoms with van der Waals surface area (Å²) in [5.74, 6) is 1.16. The normalized spacial score (nSPS) is 16.1. The zero-order valence-corrected chi connectivity index (χ0v) is 18.2. The molecule has 1 saturated heterocycles. The maximum absolute atomic E-state index is 12.9. The van der Waals surface area contributed by atoms with Crippen molar-refractivity contribution in [3.63, 3.8) is 0 Å². The molecule has 0 bridgehead atoms. The fourth-order valence-corrected chi connectivity index (χ4v) is 3.62. The summed E-state index contributed by atoms with van der Waals surface area (Å²) in [6, 6.07) is 7.44. The summed E-state index contributed by atoms with van der Waals surface area (Å²) in [4.78, 5) is 31.7. The first-order valence-electron chi connectivity index (χ1n) is 10.1. The number of nitrogens with one attached hydrogen (secondary N) is 3. The molecule has 3 N–H and O–H groups in total. The highest BCUT2D eigenvalue weighted by Gasteiger charge is 2.45. The first kappa shape index (κ1) is 21.6. The Hall–Kier alpha value is -3.10. The van der Waals surface area contributed by atoms with Gasteiger partial charge in [0.25, 0.3) is 0 Å². The summed E-state index contributed by atoms with van der Waals surface area (Å²) in [5, 5.41) is 13.0. The molecule has 30 heavy (non-hydrogen) atoms. The number of ether oxygens (including phenoxy) is 1. The van der Waals surface area contributed by atoms with E-state index in [1.165, 1.54) is 0 Å². The summed E-state index contributed by atoms with van der Waals surface area (Å²) in [5.41, 5.74) is 0.235. The van der Waals surface area contributed by atoms with Gasteiger partial charge in [-0.05, 0) is 52.7 Å². The van der Waals surface area contributed by atoms with Gasteiger partial charge in [0.05, 0.1) is 11.1 Å². The number of likely N-dealkylation sites (N-methyl/N-ethyl adjacent to an activating group) is 1. The average Bonchev–Trinajstić information content (AvgIpc) is 3.10. The predicted octanol–water partition coefficient (Wildman–Crippen LogP) is 2.87. The maximum Gasteiger partial charge on any atom is 0.410 e. The summed E-state index contributed by atoms with van der Waals surface area (Å²) in [7, 11) is 1.62. The molecule has 3 rings (SSSR count). The Kier molecular flexibility index (Phi) is 6.00. The highest BCUT2D eigenvalue weighted by atomic mass is 16.6. The molecule has 0 spiro atoms. The number of amides is 2. The molecule has 2 aromatic heterocycles. The van der Waals surface area contributed by atoms with Crippen LogP contribution in [0.2, 0.25) is 0 Å². The van der Waals surface area contributed by atoms with Crippen molar-refractivity contribution in [1.29, 1.82) is 0 Å². The van der Waals surface area contributed by atoms with Crippen molar-refractivity contribution in [3.8, 4) is 0 Å². The number of carbonyl (C=O) groups excluding carboxylic acids is 2. The second kappa shape index (κ2) is 8.33. The maximum atomic E-state index is 12.9. The van der Waals surface area contributed by atoms with Crippen molar-refractivity contribution in [2.45, 2.75) is 51.6 Å². The molecule has 0 unspecified atom stereocenters. The molecule has 0 aliphatic carbocycles. The Morgan fingerprint density at radius 1 is 1.20 bits per heavy atom. The van der Waals surface area contributed by atoms with Crippen LogP contribution >= 0.6 is 0 Å². The Morgan fingerprint density at radius 2 is 1.90 bits per heavy atom. The summed E-state index contributed by atoms with van der Waals surface area (Å²) in [6.07, 6.45) is 0.568. The first-order chi connectivity index (χ1) is 14.1. The molecule has 0 radical (unpaired) electrons. The second-order valence-corrected chi connectivity index (χ2v) is 8.60. The van der Waals surface area contributed by atoms with Crippen LogP contribution in [0.1, 0.15) is 45.0 Å². The summed E-state index contributed by atoms with van der Waals surface area (Å²) < 4.78 is 5.48. The Bertz CT molecular complexity index is 909.